The van der Waals surface area contributed by atoms with Crippen LogP contribution in [-0.4, -0.2) is 127 Å². The van der Waals surface area contributed by atoms with Gasteiger partial charge in [-0.25, -0.2) is 18.2 Å². The number of carbonyl (C=O) groups excluding carboxylic acids is 4. The number of ketones is 1. The monoisotopic (exact) mass is 954 g/mol. The number of H-pyrrole nitrogens is 1. The summed E-state index contributed by atoms with van der Waals surface area (Å²) in [5.74, 6) is -3.44. The Balaban J connectivity index is 0.737. The number of aromatic nitrogens is 2. The highest BCUT2D eigenvalue weighted by molar-refractivity contribution is 7.90. The maximum Gasteiger partial charge on any atom is 0.301 e. The molecule has 20 heteroatoms. The first-order valence-corrected chi connectivity index (χ1v) is 24.2. The van der Waals surface area contributed by atoms with Gasteiger partial charge in [0.05, 0.1) is 30.0 Å². The number of anilines is 2. The second-order valence-electron chi connectivity index (χ2n) is 18.0. The Kier molecular flexibility index (Phi) is 12.1. The Labute approximate surface area is 389 Å². The first kappa shape index (κ1) is 45.3. The van der Waals surface area contributed by atoms with Crippen molar-refractivity contribution in [2.45, 2.75) is 75.8 Å². The van der Waals surface area contributed by atoms with Crippen LogP contribution in [0, 0.1) is 11.6 Å². The molecule has 2 aromatic heterocycles. The van der Waals surface area contributed by atoms with E-state index in [9.17, 15) is 32.0 Å². The number of amides is 3. The maximum atomic E-state index is 15.8. The lowest BCUT2D eigenvalue weighted by Crippen LogP contribution is -2.52. The number of aromatic amines is 1. The van der Waals surface area contributed by atoms with Crippen LogP contribution in [0.25, 0.3) is 22.2 Å². The van der Waals surface area contributed by atoms with Crippen LogP contribution in [0.3, 0.4) is 0 Å². The van der Waals surface area contributed by atoms with E-state index in [1.54, 1.807) is 24.3 Å². The number of hydrogen-bond acceptors (Lipinski definition) is 11. The lowest BCUT2D eigenvalue weighted by atomic mass is 9.91. The molecular weight excluding hydrogens is 906 g/mol. The molecule has 3 saturated heterocycles. The molecule has 10 rings (SSSR count). The zero-order valence-corrected chi connectivity index (χ0v) is 37.9. The van der Waals surface area contributed by atoms with Gasteiger partial charge in [0, 0.05) is 98.9 Å². The molecule has 1 aliphatic carbocycles. The number of ether oxygens (including phenoxy) is 2. The molecule has 0 bridgehead atoms. The highest BCUT2D eigenvalue weighted by Gasteiger charge is 2.41. The number of nitrogens with one attached hydrogen (secondary N) is 3. The van der Waals surface area contributed by atoms with E-state index in [2.05, 4.69) is 25.1 Å². The minimum absolute atomic E-state index is 0.00286. The molecule has 3 N–H and O–H groups in total. The summed E-state index contributed by atoms with van der Waals surface area (Å²) < 4.78 is 85.2. The number of piperidine rings is 1. The van der Waals surface area contributed by atoms with Gasteiger partial charge in [-0.15, -0.1) is 0 Å². The van der Waals surface area contributed by atoms with Gasteiger partial charge in [0.1, 0.15) is 35.2 Å². The van der Waals surface area contributed by atoms with Crippen LogP contribution >= 0.6 is 0 Å². The summed E-state index contributed by atoms with van der Waals surface area (Å²) in [7, 11) is -2.82. The number of hydrogen-bond donors (Lipinski definition) is 3. The smallest absolute Gasteiger partial charge is 0.301 e. The van der Waals surface area contributed by atoms with Crippen LogP contribution in [-0.2, 0) is 26.3 Å². The van der Waals surface area contributed by atoms with Gasteiger partial charge < -0.3 is 24.3 Å². The minimum atomic E-state index is -4.37. The van der Waals surface area contributed by atoms with Crippen molar-refractivity contribution in [1.29, 1.82) is 0 Å². The Morgan fingerprint density at radius 3 is 2.37 bits per heavy atom. The highest BCUT2D eigenvalue weighted by Crippen LogP contribution is 2.39. The van der Waals surface area contributed by atoms with Gasteiger partial charge in [0.15, 0.2) is 5.82 Å². The van der Waals surface area contributed by atoms with Crippen LogP contribution in [0.1, 0.15) is 76.8 Å². The first-order valence-electron chi connectivity index (χ1n) is 22.8. The molecule has 3 aromatic carbocycles. The number of halogens is 3. The summed E-state index contributed by atoms with van der Waals surface area (Å²) in [6, 6.07) is 14.5. The lowest BCUT2D eigenvalue weighted by Gasteiger charge is -2.42. The van der Waals surface area contributed by atoms with Crippen LogP contribution < -0.4 is 24.4 Å². The number of pyridine rings is 1. The third-order valence-electron chi connectivity index (χ3n) is 13.9. The highest BCUT2D eigenvalue weighted by atomic mass is 32.2. The molecule has 4 fully saturated rings. The number of piperazine rings is 1. The van der Waals surface area contributed by atoms with Crippen molar-refractivity contribution in [2.75, 3.05) is 56.0 Å². The topological polar surface area (TPSA) is 187 Å². The third-order valence-corrected chi connectivity index (χ3v) is 15.4. The average Bonchev–Trinajstić information content (AvgIpc) is 4.07. The molecule has 5 aliphatic rings. The van der Waals surface area contributed by atoms with E-state index in [4.69, 9.17) is 9.47 Å². The van der Waals surface area contributed by atoms with Crippen molar-refractivity contribution >= 4 is 56.1 Å². The zero-order chi connectivity index (χ0) is 47.4. The zero-order valence-electron chi connectivity index (χ0n) is 37.1. The predicted octanol–water partition coefficient (Wildman–Crippen LogP) is 5.72. The number of nitrogens with zero attached hydrogens (tertiary/aromatic N) is 5. The SMILES string of the molecule is COc1cc(N2CCN([C@H]3CC[C@@H](Oc4ccc(-c5cnc6[nH]cc(C(=O)c7c(F)ccc(NS(=O)(=O)N8CC[C@@H](F)C8)c7F)c6c5)cc4)CC3)CC2)cc2c1C(=O)N(C1CCC(=O)NC1=O)C2. The number of rotatable bonds is 12. The van der Waals surface area contributed by atoms with E-state index in [1.807, 2.05) is 41.1 Å². The van der Waals surface area contributed by atoms with E-state index < -0.39 is 63.5 Å². The van der Waals surface area contributed by atoms with Gasteiger partial charge in [-0.2, -0.15) is 12.7 Å². The second kappa shape index (κ2) is 18.2. The fourth-order valence-electron chi connectivity index (χ4n) is 10.2. The van der Waals surface area contributed by atoms with Crippen molar-refractivity contribution in [3.05, 3.63) is 101 Å². The minimum Gasteiger partial charge on any atom is -0.496 e. The summed E-state index contributed by atoms with van der Waals surface area (Å²) in [5.41, 5.74) is 2.31. The number of imide groups is 1. The number of fused-ring (bicyclic) bond motifs is 2. The van der Waals surface area contributed by atoms with Gasteiger partial charge in [0.25, 0.3) is 5.91 Å². The van der Waals surface area contributed by atoms with Crippen molar-refractivity contribution in [2.24, 2.45) is 0 Å². The van der Waals surface area contributed by atoms with Crippen LogP contribution in [0.2, 0.25) is 0 Å². The molecular formula is C48H49F3N8O8S. The molecule has 6 heterocycles. The van der Waals surface area contributed by atoms with E-state index in [-0.39, 0.29) is 49.4 Å². The molecule has 4 aliphatic heterocycles. The van der Waals surface area contributed by atoms with E-state index in [0.717, 1.165) is 85.1 Å². The van der Waals surface area contributed by atoms with Crippen molar-refractivity contribution in [3.63, 3.8) is 0 Å². The largest absolute Gasteiger partial charge is 0.496 e. The summed E-state index contributed by atoms with van der Waals surface area (Å²) in [4.78, 5) is 65.2. The Morgan fingerprint density at radius 1 is 0.897 bits per heavy atom. The molecule has 3 amide bonds. The van der Waals surface area contributed by atoms with Crippen LogP contribution in [0.5, 0.6) is 11.5 Å². The fourth-order valence-corrected chi connectivity index (χ4v) is 11.5. The van der Waals surface area contributed by atoms with Gasteiger partial charge >= 0.3 is 10.2 Å². The summed E-state index contributed by atoms with van der Waals surface area (Å²) in [5, 5.41) is 2.66. The Morgan fingerprint density at radius 2 is 1.66 bits per heavy atom. The van der Waals surface area contributed by atoms with E-state index in [0.29, 0.717) is 46.1 Å². The average molecular weight is 955 g/mol. The van der Waals surface area contributed by atoms with Crippen LogP contribution in [0.4, 0.5) is 24.5 Å². The number of alkyl halides is 1. The molecule has 1 saturated carbocycles. The van der Waals surface area contributed by atoms with Gasteiger partial charge in [0.2, 0.25) is 17.6 Å². The molecule has 5 aromatic rings. The molecule has 0 radical (unpaired) electrons. The second-order valence-corrected chi connectivity index (χ2v) is 19.6. The molecule has 0 spiro atoms. The molecule has 1 unspecified atom stereocenters. The third kappa shape index (κ3) is 8.64. The van der Waals surface area contributed by atoms with Gasteiger partial charge in [-0.3, -0.25) is 34.1 Å². The van der Waals surface area contributed by atoms with Crippen molar-refractivity contribution in [3.8, 4) is 22.6 Å². The number of carbonyl (C=O) groups is 4. The summed E-state index contributed by atoms with van der Waals surface area (Å²) in [6.45, 7) is 3.16. The molecule has 2 atom stereocenters. The molecule has 68 heavy (non-hydrogen) atoms. The number of methoxy groups -OCH3 is 1. The first-order chi connectivity index (χ1) is 32.7. The van der Waals surface area contributed by atoms with Gasteiger partial charge in [-0.1, -0.05) is 12.1 Å². The Hall–Kier alpha value is -6.51. The normalized spacial score (nSPS) is 22.7. The number of benzene rings is 3. The molecule has 356 valence electrons. The maximum absolute atomic E-state index is 15.8. The summed E-state index contributed by atoms with van der Waals surface area (Å²) >= 11 is 0. The molecule has 16 nitrogen and oxygen atoms in total. The van der Waals surface area contributed by atoms with Gasteiger partial charge in [-0.05, 0) is 86.1 Å². The van der Waals surface area contributed by atoms with Crippen LogP contribution in [0.15, 0.2) is 67.0 Å². The van der Waals surface area contributed by atoms with Crippen molar-refractivity contribution < 1.29 is 50.2 Å². The summed E-state index contributed by atoms with van der Waals surface area (Å²) in [6.07, 6.45) is 5.86. The fraction of sp³-hybridized carbons (Fsp3) is 0.396. The standard InChI is InChI=1S/C48H49F3N8O8S/c1-66-40-22-32(20-29-25-59(48(63)42(29)40)39-12-13-41(60)54-47(39)62)57-18-16-56(17-19-57)31-4-8-34(9-5-31)67-33-6-2-27(3-7-33)28-21-35-36(24-53-46(35)52-23-28)45(61)43-37(50)10-11-38(44(43)51)55-68(64,65)58-15-14-30(49)26-58/h2-3,6-7,10-11,20-24,30-31,34,39,55H,4-5,8-9,12-19,25-26H2,1H3,(H,52,53)(H,54,60,62)/t30-,31-,34+,39?/m1/s1. The lowest BCUT2D eigenvalue weighted by molar-refractivity contribution is -0.136. The quantitative estimate of drug-likeness (QED) is 0.103. The van der Waals surface area contributed by atoms with E-state index >= 15 is 8.78 Å². The van der Waals surface area contributed by atoms with Crippen molar-refractivity contribution in [1.82, 2.24) is 29.4 Å². The van der Waals surface area contributed by atoms with E-state index in [1.165, 1.54) is 6.20 Å². The Bertz CT molecular complexity index is 2940. The predicted molar refractivity (Wildman–Crippen MR) is 244 cm³/mol.